The quantitative estimate of drug-likeness (QED) is 0.778. The van der Waals surface area contributed by atoms with Gasteiger partial charge in [0.1, 0.15) is 6.54 Å². The van der Waals surface area contributed by atoms with E-state index in [-0.39, 0.29) is 0 Å². The molecule has 0 atom stereocenters. The zero-order valence-electron chi connectivity index (χ0n) is 8.88. The number of nitrogen functional groups attached to an aromatic ring is 1. The highest BCUT2D eigenvalue weighted by Gasteiger charge is 2.05. The highest BCUT2D eigenvalue weighted by Crippen LogP contribution is 2.05. The van der Waals surface area contributed by atoms with Crippen LogP contribution in [0.25, 0.3) is 0 Å². The summed E-state index contributed by atoms with van der Waals surface area (Å²) in [6.45, 7) is 2.68. The van der Waals surface area contributed by atoms with Gasteiger partial charge in [0.05, 0.1) is 17.6 Å². The number of aryl methyl sites for hydroxylation is 2. The fourth-order valence-electron chi connectivity index (χ4n) is 1.42. The van der Waals surface area contributed by atoms with Crippen molar-refractivity contribution in [2.75, 3.05) is 5.73 Å². The van der Waals surface area contributed by atoms with Gasteiger partial charge in [-0.05, 0) is 12.5 Å². The van der Waals surface area contributed by atoms with Crippen LogP contribution in [0, 0.1) is 0 Å². The maximum Gasteiger partial charge on any atom is 0.165 e. The second kappa shape index (κ2) is 3.72. The van der Waals surface area contributed by atoms with Crippen molar-refractivity contribution in [3.8, 4) is 0 Å². The third-order valence-electron chi connectivity index (χ3n) is 2.25. The number of nitrogens with zero attached hydrogens (tertiary/aromatic N) is 5. The normalized spacial score (nSPS) is 10.8. The van der Waals surface area contributed by atoms with E-state index in [1.807, 2.05) is 11.7 Å². The Morgan fingerprint density at radius 2 is 2.20 bits per heavy atom. The second-order valence-electron chi connectivity index (χ2n) is 3.40. The molecule has 0 aliphatic rings. The molecule has 80 valence electrons. The van der Waals surface area contributed by atoms with Gasteiger partial charge < -0.3 is 5.73 Å². The molecule has 2 rings (SSSR count). The third-order valence-corrected chi connectivity index (χ3v) is 2.25. The molecule has 0 saturated carbocycles. The lowest BCUT2D eigenvalue weighted by atomic mass is 10.3. The summed E-state index contributed by atoms with van der Waals surface area (Å²) in [7, 11) is 1.92. The number of rotatable bonds is 3. The molecule has 0 aromatic carbocycles. The van der Waals surface area contributed by atoms with Crippen LogP contribution < -0.4 is 5.73 Å². The van der Waals surface area contributed by atoms with Crippen LogP contribution >= 0.6 is 0 Å². The molecule has 2 heterocycles. The molecule has 6 nitrogen and oxygen atoms in total. The maximum absolute atomic E-state index is 5.48. The molecule has 0 unspecified atom stereocenters. The predicted molar refractivity (Wildman–Crippen MR) is 56.1 cm³/mol. The topological polar surface area (TPSA) is 74.6 Å². The van der Waals surface area contributed by atoms with Gasteiger partial charge in [-0.2, -0.15) is 15.0 Å². The summed E-state index contributed by atoms with van der Waals surface area (Å²) in [6.07, 6.45) is 2.47. The molecule has 2 aromatic heterocycles. The van der Waals surface area contributed by atoms with Crippen molar-refractivity contribution in [1.82, 2.24) is 24.8 Å². The Balaban J connectivity index is 2.20. The summed E-state index contributed by atoms with van der Waals surface area (Å²) < 4.78 is 1.85. The van der Waals surface area contributed by atoms with Crippen LogP contribution in [0.3, 0.4) is 0 Å². The van der Waals surface area contributed by atoms with Crippen molar-refractivity contribution < 1.29 is 0 Å². The van der Waals surface area contributed by atoms with Crippen molar-refractivity contribution in [1.29, 1.82) is 0 Å². The minimum absolute atomic E-state index is 0.438. The zero-order valence-corrected chi connectivity index (χ0v) is 8.88. The van der Waals surface area contributed by atoms with E-state index in [9.17, 15) is 0 Å². The minimum atomic E-state index is 0.438. The molecule has 2 aromatic rings. The maximum atomic E-state index is 5.48. The van der Waals surface area contributed by atoms with Crippen molar-refractivity contribution >= 4 is 5.82 Å². The van der Waals surface area contributed by atoms with Gasteiger partial charge >= 0.3 is 0 Å². The summed E-state index contributed by atoms with van der Waals surface area (Å²) in [5.74, 6) is 0.438. The molecular weight excluding hydrogens is 192 g/mol. The molecule has 0 aliphatic carbocycles. The van der Waals surface area contributed by atoms with E-state index >= 15 is 0 Å². The summed E-state index contributed by atoms with van der Waals surface area (Å²) >= 11 is 0. The molecule has 0 aliphatic heterocycles. The van der Waals surface area contributed by atoms with E-state index in [1.165, 1.54) is 6.20 Å². The molecular formula is C9H14N6. The molecule has 0 fully saturated rings. The zero-order chi connectivity index (χ0) is 10.8. The van der Waals surface area contributed by atoms with Crippen molar-refractivity contribution in [3.63, 3.8) is 0 Å². The van der Waals surface area contributed by atoms with Crippen LogP contribution in [0.4, 0.5) is 5.82 Å². The Morgan fingerprint density at radius 1 is 1.40 bits per heavy atom. The standard InChI is InChI=1S/C9H14N6/c1-3-7-4-8(14(2)12-7)6-15-11-5-9(10)13-15/h4-5H,3,6H2,1-2H3,(H2,10,13). The number of nitrogens with two attached hydrogens (primary N) is 1. The SMILES string of the molecule is CCc1cc(Cn2ncc(N)n2)n(C)n1. The molecule has 0 radical (unpaired) electrons. The molecule has 2 N–H and O–H groups in total. The molecule has 0 saturated heterocycles. The van der Waals surface area contributed by atoms with Crippen molar-refractivity contribution in [2.45, 2.75) is 19.9 Å². The van der Waals surface area contributed by atoms with Crippen molar-refractivity contribution in [2.24, 2.45) is 7.05 Å². The lowest BCUT2D eigenvalue weighted by Gasteiger charge is -1.99. The fraction of sp³-hybridized carbons (Fsp3) is 0.444. The van der Waals surface area contributed by atoms with E-state index in [2.05, 4.69) is 28.3 Å². The highest BCUT2D eigenvalue weighted by molar-refractivity contribution is 5.19. The average Bonchev–Trinajstić information content (AvgIpc) is 2.75. The lowest BCUT2D eigenvalue weighted by molar-refractivity contribution is 0.556. The molecule has 6 heteroatoms. The van der Waals surface area contributed by atoms with Gasteiger partial charge in [0, 0.05) is 7.05 Å². The van der Waals surface area contributed by atoms with E-state index in [1.54, 1.807) is 4.80 Å². The van der Waals surface area contributed by atoms with E-state index in [4.69, 9.17) is 5.73 Å². The summed E-state index contributed by atoms with van der Waals surface area (Å²) in [5, 5.41) is 12.4. The first-order valence-electron chi connectivity index (χ1n) is 4.86. The Bertz CT molecular complexity index is 455. The fourth-order valence-corrected chi connectivity index (χ4v) is 1.42. The van der Waals surface area contributed by atoms with Gasteiger partial charge in [-0.3, -0.25) is 4.68 Å². The summed E-state index contributed by atoms with van der Waals surface area (Å²) in [6, 6.07) is 2.06. The van der Waals surface area contributed by atoms with E-state index in [0.717, 1.165) is 17.8 Å². The first kappa shape index (κ1) is 9.70. The lowest BCUT2D eigenvalue weighted by Crippen LogP contribution is -2.08. The molecule has 0 amide bonds. The molecule has 0 bridgehead atoms. The number of anilines is 1. The third kappa shape index (κ3) is 1.98. The first-order chi connectivity index (χ1) is 7.19. The average molecular weight is 206 g/mol. The summed E-state index contributed by atoms with van der Waals surface area (Å²) in [5.41, 5.74) is 7.63. The smallest absolute Gasteiger partial charge is 0.165 e. The second-order valence-corrected chi connectivity index (χ2v) is 3.40. The van der Waals surface area contributed by atoms with Crippen molar-refractivity contribution in [3.05, 3.63) is 23.7 Å². The van der Waals surface area contributed by atoms with Gasteiger partial charge in [0.2, 0.25) is 0 Å². The first-order valence-corrected chi connectivity index (χ1v) is 4.86. The number of hydrogen-bond donors (Lipinski definition) is 1. The monoisotopic (exact) mass is 206 g/mol. The van der Waals surface area contributed by atoms with E-state index in [0.29, 0.717) is 12.4 Å². The molecule has 15 heavy (non-hydrogen) atoms. The Morgan fingerprint density at radius 3 is 2.73 bits per heavy atom. The van der Waals surface area contributed by atoms with Gasteiger partial charge in [-0.15, -0.1) is 5.10 Å². The Hall–Kier alpha value is -1.85. The largest absolute Gasteiger partial charge is 0.381 e. The van der Waals surface area contributed by atoms with Crippen LogP contribution in [-0.2, 0) is 20.0 Å². The number of hydrogen-bond acceptors (Lipinski definition) is 4. The predicted octanol–water partition coefficient (Wildman–Crippen LogP) is 0.204. The van der Waals surface area contributed by atoms with Gasteiger partial charge in [0.25, 0.3) is 0 Å². The summed E-state index contributed by atoms with van der Waals surface area (Å²) in [4.78, 5) is 1.56. The van der Waals surface area contributed by atoms with Gasteiger partial charge in [-0.1, -0.05) is 6.92 Å². The van der Waals surface area contributed by atoms with Crippen LogP contribution in [0.1, 0.15) is 18.3 Å². The van der Waals surface area contributed by atoms with Gasteiger partial charge in [0.15, 0.2) is 5.82 Å². The van der Waals surface area contributed by atoms with Gasteiger partial charge in [-0.25, -0.2) is 0 Å². The Kier molecular flexibility index (Phi) is 2.40. The Labute approximate surface area is 87.7 Å². The van der Waals surface area contributed by atoms with Crippen LogP contribution in [0.2, 0.25) is 0 Å². The van der Waals surface area contributed by atoms with Crippen LogP contribution in [0.15, 0.2) is 12.3 Å². The number of aromatic nitrogens is 5. The van der Waals surface area contributed by atoms with Crippen LogP contribution in [0.5, 0.6) is 0 Å². The highest BCUT2D eigenvalue weighted by atomic mass is 15.5. The van der Waals surface area contributed by atoms with E-state index < -0.39 is 0 Å². The minimum Gasteiger partial charge on any atom is -0.381 e. The molecule has 0 spiro atoms. The van der Waals surface area contributed by atoms with Crippen LogP contribution in [-0.4, -0.2) is 24.8 Å².